The summed E-state index contributed by atoms with van der Waals surface area (Å²) in [4.78, 5) is 11.8. The van der Waals surface area contributed by atoms with Crippen LogP contribution in [0.5, 0.6) is 0 Å². The maximum atomic E-state index is 12.6. The van der Waals surface area contributed by atoms with Gasteiger partial charge in [0.25, 0.3) is 0 Å². The van der Waals surface area contributed by atoms with Gasteiger partial charge in [0.1, 0.15) is 9.77 Å². The van der Waals surface area contributed by atoms with Crippen LogP contribution in [0.15, 0.2) is 27.5 Å². The predicted octanol–water partition coefficient (Wildman–Crippen LogP) is 2.27. The lowest BCUT2D eigenvalue weighted by Crippen LogP contribution is -2.36. The van der Waals surface area contributed by atoms with Crippen molar-refractivity contribution in [1.29, 1.82) is 0 Å². The molecule has 110 valence electrons. The van der Waals surface area contributed by atoms with Gasteiger partial charge in [-0.05, 0) is 31.7 Å². The van der Waals surface area contributed by atoms with Crippen molar-refractivity contribution in [2.75, 3.05) is 20.2 Å². The molecule has 5 nitrogen and oxygen atoms in total. The zero-order chi connectivity index (χ0) is 14.9. The highest BCUT2D eigenvalue weighted by atomic mass is 32.2. The molecule has 2 heterocycles. The van der Waals surface area contributed by atoms with Gasteiger partial charge < -0.3 is 4.74 Å². The van der Waals surface area contributed by atoms with Crippen molar-refractivity contribution >= 4 is 27.3 Å². The maximum absolute atomic E-state index is 12.6. The number of carbonyl (C=O) groups excluding carboxylic acids is 1. The van der Waals surface area contributed by atoms with E-state index in [-0.39, 0.29) is 9.77 Å². The second-order valence-electron chi connectivity index (χ2n) is 4.75. The van der Waals surface area contributed by atoms with Crippen LogP contribution in [0.4, 0.5) is 0 Å². The third-order valence-corrected chi connectivity index (χ3v) is 6.41. The van der Waals surface area contributed by atoms with Crippen LogP contribution in [0, 0.1) is 0 Å². The summed E-state index contributed by atoms with van der Waals surface area (Å²) in [6.45, 7) is 4.78. The standard InChI is InChI=1S/C13H17NO4S2/c1-9-4-6-14(8-10(9)2)20(16,17)11-5-7-19-12(11)13(15)18-3/h5,7H,4,6,8H2,1-3H3. The fourth-order valence-corrected chi connectivity index (χ4v) is 4.85. The average molecular weight is 315 g/mol. The third kappa shape index (κ3) is 2.65. The smallest absolute Gasteiger partial charge is 0.349 e. The van der Waals surface area contributed by atoms with Gasteiger partial charge in [0.15, 0.2) is 0 Å². The second-order valence-corrected chi connectivity index (χ2v) is 7.58. The number of nitrogens with zero attached hydrogens (tertiary/aromatic N) is 1. The van der Waals surface area contributed by atoms with Gasteiger partial charge in [0.05, 0.1) is 7.11 Å². The van der Waals surface area contributed by atoms with Crippen LogP contribution >= 0.6 is 11.3 Å². The van der Waals surface area contributed by atoms with Gasteiger partial charge in [0, 0.05) is 13.1 Å². The lowest BCUT2D eigenvalue weighted by Gasteiger charge is -2.27. The van der Waals surface area contributed by atoms with Crippen LogP contribution in [0.3, 0.4) is 0 Å². The van der Waals surface area contributed by atoms with Crippen LogP contribution in [-0.4, -0.2) is 38.9 Å². The zero-order valence-electron chi connectivity index (χ0n) is 11.7. The molecule has 0 saturated carbocycles. The summed E-state index contributed by atoms with van der Waals surface area (Å²) in [5, 5.41) is 1.59. The van der Waals surface area contributed by atoms with Crippen LogP contribution in [0.25, 0.3) is 0 Å². The summed E-state index contributed by atoms with van der Waals surface area (Å²) < 4.78 is 31.3. The fraction of sp³-hybridized carbons (Fsp3) is 0.462. The normalized spacial score (nSPS) is 17.4. The molecule has 2 rings (SSSR count). The Balaban J connectivity index is 2.38. The minimum atomic E-state index is -3.65. The van der Waals surface area contributed by atoms with E-state index in [0.29, 0.717) is 13.1 Å². The first-order valence-corrected chi connectivity index (χ1v) is 8.51. The van der Waals surface area contributed by atoms with Gasteiger partial charge in [-0.3, -0.25) is 0 Å². The molecule has 0 unspecified atom stereocenters. The molecule has 0 aliphatic carbocycles. The van der Waals surface area contributed by atoms with E-state index in [0.717, 1.165) is 23.3 Å². The van der Waals surface area contributed by atoms with E-state index >= 15 is 0 Å². The van der Waals surface area contributed by atoms with Crippen LogP contribution < -0.4 is 0 Å². The average Bonchev–Trinajstić information content (AvgIpc) is 2.90. The fourth-order valence-electron chi connectivity index (χ4n) is 2.07. The molecule has 20 heavy (non-hydrogen) atoms. The van der Waals surface area contributed by atoms with E-state index in [1.54, 1.807) is 5.38 Å². The molecule has 1 aromatic rings. The molecule has 0 N–H and O–H groups in total. The summed E-state index contributed by atoms with van der Waals surface area (Å²) >= 11 is 1.08. The highest BCUT2D eigenvalue weighted by Crippen LogP contribution is 2.29. The predicted molar refractivity (Wildman–Crippen MR) is 77.4 cm³/mol. The molecule has 0 aromatic carbocycles. The van der Waals surface area contributed by atoms with Crippen molar-refractivity contribution in [1.82, 2.24) is 4.31 Å². The van der Waals surface area contributed by atoms with Crippen molar-refractivity contribution in [3.63, 3.8) is 0 Å². The van der Waals surface area contributed by atoms with Gasteiger partial charge in [-0.25, -0.2) is 13.2 Å². The monoisotopic (exact) mass is 315 g/mol. The van der Waals surface area contributed by atoms with E-state index in [1.165, 1.54) is 23.1 Å². The molecular weight excluding hydrogens is 298 g/mol. The molecule has 0 saturated heterocycles. The van der Waals surface area contributed by atoms with Crippen molar-refractivity contribution in [3.8, 4) is 0 Å². The number of carbonyl (C=O) groups is 1. The number of ether oxygens (including phenoxy) is 1. The van der Waals surface area contributed by atoms with E-state index < -0.39 is 16.0 Å². The molecule has 0 bridgehead atoms. The molecule has 1 aliphatic rings. The first-order valence-electron chi connectivity index (χ1n) is 6.19. The van der Waals surface area contributed by atoms with Crippen LogP contribution in [0.1, 0.15) is 29.9 Å². The molecule has 0 amide bonds. The van der Waals surface area contributed by atoms with Crippen molar-refractivity contribution in [3.05, 3.63) is 27.5 Å². The SMILES string of the molecule is COC(=O)c1sccc1S(=O)(=O)N1CCC(C)=C(C)C1. The molecule has 0 fully saturated rings. The number of thiophene rings is 1. The number of hydrogen-bond donors (Lipinski definition) is 0. The number of hydrogen-bond acceptors (Lipinski definition) is 5. The lowest BCUT2D eigenvalue weighted by atomic mass is 10.1. The Labute approximate surface area is 122 Å². The summed E-state index contributed by atoms with van der Waals surface area (Å²) in [6, 6.07) is 1.47. The highest BCUT2D eigenvalue weighted by Gasteiger charge is 2.32. The number of esters is 1. The molecule has 0 atom stereocenters. The molecular formula is C13H17NO4S2. The Morgan fingerprint density at radius 2 is 2.05 bits per heavy atom. The van der Waals surface area contributed by atoms with E-state index in [4.69, 9.17) is 0 Å². The zero-order valence-corrected chi connectivity index (χ0v) is 13.3. The summed E-state index contributed by atoms with van der Waals surface area (Å²) in [6.07, 6.45) is 0.725. The Hall–Kier alpha value is -1.18. The van der Waals surface area contributed by atoms with Crippen molar-refractivity contribution in [2.24, 2.45) is 0 Å². The first-order chi connectivity index (χ1) is 9.37. The topological polar surface area (TPSA) is 63.7 Å². The molecule has 7 heteroatoms. The lowest BCUT2D eigenvalue weighted by molar-refractivity contribution is 0.0602. The molecule has 0 radical (unpaired) electrons. The quantitative estimate of drug-likeness (QED) is 0.634. The van der Waals surface area contributed by atoms with Gasteiger partial charge in [-0.1, -0.05) is 11.1 Å². The van der Waals surface area contributed by atoms with Gasteiger partial charge >= 0.3 is 5.97 Å². The van der Waals surface area contributed by atoms with E-state index in [1.807, 2.05) is 13.8 Å². The number of sulfonamides is 1. The largest absolute Gasteiger partial charge is 0.465 e. The second kappa shape index (κ2) is 5.67. The van der Waals surface area contributed by atoms with Gasteiger partial charge in [-0.2, -0.15) is 4.31 Å². The summed E-state index contributed by atoms with van der Waals surface area (Å²) in [7, 11) is -2.41. The summed E-state index contributed by atoms with van der Waals surface area (Å²) in [5.41, 5.74) is 2.30. The van der Waals surface area contributed by atoms with Crippen molar-refractivity contribution in [2.45, 2.75) is 25.2 Å². The van der Waals surface area contributed by atoms with E-state index in [2.05, 4.69) is 4.74 Å². The van der Waals surface area contributed by atoms with Crippen LogP contribution in [-0.2, 0) is 14.8 Å². The molecule has 1 aliphatic heterocycles. The number of methoxy groups -OCH3 is 1. The Morgan fingerprint density at radius 3 is 2.65 bits per heavy atom. The third-order valence-electron chi connectivity index (χ3n) is 3.50. The summed E-state index contributed by atoms with van der Waals surface area (Å²) in [5.74, 6) is -0.612. The minimum absolute atomic E-state index is 0.0432. The first kappa shape index (κ1) is 15.2. The minimum Gasteiger partial charge on any atom is -0.465 e. The van der Waals surface area contributed by atoms with Gasteiger partial charge in [-0.15, -0.1) is 11.3 Å². The molecule has 0 spiro atoms. The maximum Gasteiger partial charge on any atom is 0.349 e. The van der Waals surface area contributed by atoms with Gasteiger partial charge in [0.2, 0.25) is 10.0 Å². The Kier molecular flexibility index (Phi) is 4.31. The highest BCUT2D eigenvalue weighted by molar-refractivity contribution is 7.89. The Bertz CT molecular complexity index is 658. The Morgan fingerprint density at radius 1 is 1.35 bits per heavy atom. The molecule has 1 aromatic heterocycles. The van der Waals surface area contributed by atoms with E-state index in [9.17, 15) is 13.2 Å². The van der Waals surface area contributed by atoms with Crippen molar-refractivity contribution < 1.29 is 17.9 Å². The van der Waals surface area contributed by atoms with Crippen LogP contribution in [0.2, 0.25) is 0 Å². The number of rotatable bonds is 3.